The second kappa shape index (κ2) is 7.01. The number of carbonyl (C=O) groups excluding carboxylic acids is 1. The van der Waals surface area contributed by atoms with Gasteiger partial charge in [-0.15, -0.1) is 0 Å². The first kappa shape index (κ1) is 15.8. The molecule has 3 rings (SSSR count). The molecule has 1 aliphatic heterocycles. The predicted molar refractivity (Wildman–Crippen MR) is 91.1 cm³/mol. The molecule has 1 saturated heterocycles. The smallest absolute Gasteiger partial charge is 0.338 e. The van der Waals surface area contributed by atoms with E-state index >= 15 is 0 Å². The minimum atomic E-state index is -0.243. The number of nitrogens with zero attached hydrogens (tertiary/aromatic N) is 2. The summed E-state index contributed by atoms with van der Waals surface area (Å²) in [5.41, 5.74) is 1.74. The van der Waals surface area contributed by atoms with E-state index in [-0.39, 0.29) is 12.1 Å². The van der Waals surface area contributed by atoms with Gasteiger partial charge in [0.05, 0.1) is 10.6 Å². The molecule has 1 aromatic carbocycles. The maximum absolute atomic E-state index is 12.2. The number of ether oxygens (including phenoxy) is 1. The number of aryl methyl sites for hydroxylation is 1. The fourth-order valence-electron chi connectivity index (χ4n) is 2.67. The standard InChI is InChI=1S/C18H19ClN2O2/c1-13-2-4-14(5-3-13)18(22)23-16-8-10-21(11-9-16)17-7-6-15(19)12-20-17/h2-7,12,16H,8-11H2,1H3. The zero-order valence-corrected chi connectivity index (χ0v) is 13.8. The molecule has 1 fully saturated rings. The van der Waals surface area contributed by atoms with Gasteiger partial charge in [0.2, 0.25) is 0 Å². The summed E-state index contributed by atoms with van der Waals surface area (Å²) in [6.45, 7) is 3.64. The Morgan fingerprint density at radius 2 is 1.87 bits per heavy atom. The minimum absolute atomic E-state index is 0.0349. The van der Waals surface area contributed by atoms with E-state index < -0.39 is 0 Å². The summed E-state index contributed by atoms with van der Waals surface area (Å²) in [7, 11) is 0. The summed E-state index contributed by atoms with van der Waals surface area (Å²) >= 11 is 5.86. The Labute approximate surface area is 141 Å². The van der Waals surface area contributed by atoms with Gasteiger partial charge in [0.1, 0.15) is 11.9 Å². The van der Waals surface area contributed by atoms with E-state index in [4.69, 9.17) is 16.3 Å². The summed E-state index contributed by atoms with van der Waals surface area (Å²) in [5, 5.41) is 0.635. The van der Waals surface area contributed by atoms with Gasteiger partial charge in [0.25, 0.3) is 0 Å². The Balaban J connectivity index is 1.53. The molecule has 0 bridgehead atoms. The SMILES string of the molecule is Cc1ccc(C(=O)OC2CCN(c3ccc(Cl)cn3)CC2)cc1. The van der Waals surface area contributed by atoms with Crippen LogP contribution in [-0.2, 0) is 4.74 Å². The van der Waals surface area contributed by atoms with Crippen molar-refractivity contribution in [1.29, 1.82) is 0 Å². The van der Waals surface area contributed by atoms with Crippen molar-refractivity contribution in [2.75, 3.05) is 18.0 Å². The minimum Gasteiger partial charge on any atom is -0.459 e. The van der Waals surface area contributed by atoms with Gasteiger partial charge in [-0.25, -0.2) is 9.78 Å². The van der Waals surface area contributed by atoms with Gasteiger partial charge in [-0.05, 0) is 31.2 Å². The molecule has 23 heavy (non-hydrogen) atoms. The summed E-state index contributed by atoms with van der Waals surface area (Å²) in [6, 6.07) is 11.2. The van der Waals surface area contributed by atoms with Crippen LogP contribution in [0, 0.1) is 6.92 Å². The summed E-state index contributed by atoms with van der Waals surface area (Å²) in [5.74, 6) is 0.672. The lowest BCUT2D eigenvalue weighted by Gasteiger charge is -2.32. The second-order valence-electron chi connectivity index (χ2n) is 5.79. The van der Waals surface area contributed by atoms with Crippen molar-refractivity contribution in [2.24, 2.45) is 0 Å². The number of anilines is 1. The lowest BCUT2D eigenvalue weighted by Crippen LogP contribution is -2.38. The number of halogens is 1. The Kier molecular flexibility index (Phi) is 4.82. The Morgan fingerprint density at radius 3 is 2.48 bits per heavy atom. The number of carbonyl (C=O) groups is 1. The first-order valence-corrected chi connectivity index (χ1v) is 8.14. The van der Waals surface area contributed by atoms with Crippen LogP contribution in [0.4, 0.5) is 5.82 Å². The molecule has 0 saturated carbocycles. The molecule has 0 N–H and O–H groups in total. The van der Waals surface area contributed by atoms with E-state index in [2.05, 4.69) is 9.88 Å². The normalized spacial score (nSPS) is 15.5. The van der Waals surface area contributed by atoms with Crippen molar-refractivity contribution < 1.29 is 9.53 Å². The zero-order chi connectivity index (χ0) is 16.2. The first-order valence-electron chi connectivity index (χ1n) is 7.76. The number of esters is 1. The Hall–Kier alpha value is -2.07. The van der Waals surface area contributed by atoms with Crippen molar-refractivity contribution in [3.05, 3.63) is 58.7 Å². The Bertz CT molecular complexity index is 662. The lowest BCUT2D eigenvalue weighted by molar-refractivity contribution is 0.0245. The molecule has 1 aliphatic rings. The molecule has 1 aromatic heterocycles. The van der Waals surface area contributed by atoms with Crippen LogP contribution in [0.3, 0.4) is 0 Å². The summed E-state index contributed by atoms with van der Waals surface area (Å²) in [6.07, 6.45) is 3.23. The number of rotatable bonds is 3. The number of aromatic nitrogens is 1. The second-order valence-corrected chi connectivity index (χ2v) is 6.23. The largest absolute Gasteiger partial charge is 0.459 e. The van der Waals surface area contributed by atoms with E-state index in [0.717, 1.165) is 37.3 Å². The fourth-order valence-corrected chi connectivity index (χ4v) is 2.78. The maximum atomic E-state index is 12.2. The molecule has 0 aliphatic carbocycles. The van der Waals surface area contributed by atoms with Crippen LogP contribution in [0.15, 0.2) is 42.6 Å². The molecule has 2 aromatic rings. The van der Waals surface area contributed by atoms with Crippen molar-refractivity contribution >= 4 is 23.4 Å². The average molecular weight is 331 g/mol. The molecule has 5 heteroatoms. The predicted octanol–water partition coefficient (Wildman–Crippen LogP) is 3.87. The summed E-state index contributed by atoms with van der Waals surface area (Å²) in [4.78, 5) is 18.7. The van der Waals surface area contributed by atoms with Gasteiger partial charge < -0.3 is 9.64 Å². The van der Waals surface area contributed by atoms with E-state index in [1.807, 2.05) is 43.3 Å². The van der Waals surface area contributed by atoms with Crippen molar-refractivity contribution in [1.82, 2.24) is 4.98 Å². The number of benzene rings is 1. The highest BCUT2D eigenvalue weighted by Crippen LogP contribution is 2.21. The molecule has 0 atom stereocenters. The van der Waals surface area contributed by atoms with Crippen LogP contribution in [-0.4, -0.2) is 30.1 Å². The van der Waals surface area contributed by atoms with Gasteiger partial charge >= 0.3 is 5.97 Å². The zero-order valence-electron chi connectivity index (χ0n) is 13.0. The van der Waals surface area contributed by atoms with Gasteiger partial charge in [0.15, 0.2) is 0 Å². The van der Waals surface area contributed by atoms with Crippen molar-refractivity contribution in [3.8, 4) is 0 Å². The highest BCUT2D eigenvalue weighted by atomic mass is 35.5. The number of piperidine rings is 1. The van der Waals surface area contributed by atoms with Crippen LogP contribution < -0.4 is 4.90 Å². The first-order chi connectivity index (χ1) is 11.1. The van der Waals surface area contributed by atoms with E-state index in [9.17, 15) is 4.79 Å². The van der Waals surface area contributed by atoms with E-state index in [0.29, 0.717) is 10.6 Å². The number of hydrogen-bond acceptors (Lipinski definition) is 4. The van der Waals surface area contributed by atoms with Crippen LogP contribution in [0.25, 0.3) is 0 Å². The van der Waals surface area contributed by atoms with Gasteiger partial charge in [0, 0.05) is 32.1 Å². The molecule has 2 heterocycles. The lowest BCUT2D eigenvalue weighted by atomic mass is 10.1. The third-order valence-electron chi connectivity index (χ3n) is 4.04. The molecule has 0 radical (unpaired) electrons. The quantitative estimate of drug-likeness (QED) is 0.801. The van der Waals surface area contributed by atoms with E-state index in [1.165, 1.54) is 0 Å². The fraction of sp³-hybridized carbons (Fsp3) is 0.333. The van der Waals surface area contributed by atoms with Gasteiger partial charge in [-0.1, -0.05) is 29.3 Å². The highest BCUT2D eigenvalue weighted by Gasteiger charge is 2.23. The third kappa shape index (κ3) is 4.02. The maximum Gasteiger partial charge on any atom is 0.338 e. The number of pyridine rings is 1. The molecule has 120 valence electrons. The topological polar surface area (TPSA) is 42.4 Å². The molecular weight excluding hydrogens is 312 g/mol. The van der Waals surface area contributed by atoms with Gasteiger partial charge in [-0.3, -0.25) is 0 Å². The van der Waals surface area contributed by atoms with Crippen molar-refractivity contribution in [3.63, 3.8) is 0 Å². The molecule has 4 nitrogen and oxygen atoms in total. The number of hydrogen-bond donors (Lipinski definition) is 0. The van der Waals surface area contributed by atoms with E-state index in [1.54, 1.807) is 6.20 Å². The molecule has 0 spiro atoms. The molecule has 0 unspecified atom stereocenters. The third-order valence-corrected chi connectivity index (χ3v) is 4.26. The van der Waals surface area contributed by atoms with Gasteiger partial charge in [-0.2, -0.15) is 0 Å². The summed E-state index contributed by atoms with van der Waals surface area (Å²) < 4.78 is 5.61. The average Bonchev–Trinajstić information content (AvgIpc) is 2.57. The molecule has 0 amide bonds. The molecular formula is C18H19ClN2O2. The van der Waals surface area contributed by atoms with Crippen molar-refractivity contribution in [2.45, 2.75) is 25.9 Å². The Morgan fingerprint density at radius 1 is 1.17 bits per heavy atom. The van der Waals surface area contributed by atoms with Crippen LogP contribution in [0.2, 0.25) is 5.02 Å². The van der Waals surface area contributed by atoms with Crippen LogP contribution in [0.1, 0.15) is 28.8 Å². The van der Waals surface area contributed by atoms with Crippen LogP contribution >= 0.6 is 11.6 Å². The highest BCUT2D eigenvalue weighted by molar-refractivity contribution is 6.30. The van der Waals surface area contributed by atoms with Crippen LogP contribution in [0.5, 0.6) is 0 Å². The monoisotopic (exact) mass is 330 g/mol.